The van der Waals surface area contributed by atoms with Gasteiger partial charge in [0.2, 0.25) is 5.91 Å². The summed E-state index contributed by atoms with van der Waals surface area (Å²) in [6, 6.07) is 7.84. The molecular weight excluding hydrogens is 226 g/mol. The van der Waals surface area contributed by atoms with Crippen molar-refractivity contribution < 1.29 is 4.79 Å². The highest BCUT2D eigenvalue weighted by Crippen LogP contribution is 2.17. The lowest BCUT2D eigenvalue weighted by Gasteiger charge is -2.15. The first-order valence-electron chi connectivity index (χ1n) is 6.25. The smallest absolute Gasteiger partial charge is 0.238 e. The highest BCUT2D eigenvalue weighted by Gasteiger charge is 2.13. The van der Waals surface area contributed by atoms with Crippen molar-refractivity contribution in [3.63, 3.8) is 0 Å². The molecule has 4 heteroatoms. The van der Waals surface area contributed by atoms with Crippen molar-refractivity contribution >= 4 is 5.91 Å². The third-order valence-corrected chi connectivity index (χ3v) is 2.84. The van der Waals surface area contributed by atoms with Crippen LogP contribution in [0.1, 0.15) is 37.4 Å². The summed E-state index contributed by atoms with van der Waals surface area (Å²) < 4.78 is 0. The van der Waals surface area contributed by atoms with Gasteiger partial charge in [-0.05, 0) is 23.5 Å². The Morgan fingerprint density at radius 1 is 1.28 bits per heavy atom. The Hall–Kier alpha value is -1.39. The summed E-state index contributed by atoms with van der Waals surface area (Å²) in [7, 11) is 1.53. The molecule has 1 aromatic rings. The fourth-order valence-corrected chi connectivity index (χ4v) is 1.82. The summed E-state index contributed by atoms with van der Waals surface area (Å²) in [5.41, 5.74) is 8.25. The van der Waals surface area contributed by atoms with Crippen LogP contribution in [0.4, 0.5) is 0 Å². The van der Waals surface area contributed by atoms with E-state index in [-0.39, 0.29) is 18.4 Å². The predicted octanol–water partition coefficient (Wildman–Crippen LogP) is 1.61. The van der Waals surface area contributed by atoms with E-state index in [1.165, 1.54) is 12.6 Å². The van der Waals surface area contributed by atoms with Gasteiger partial charge < -0.3 is 5.73 Å². The van der Waals surface area contributed by atoms with Gasteiger partial charge in [0.15, 0.2) is 0 Å². The minimum Gasteiger partial charge on any atom is -0.324 e. The van der Waals surface area contributed by atoms with Gasteiger partial charge in [-0.1, -0.05) is 38.1 Å². The summed E-state index contributed by atoms with van der Waals surface area (Å²) in [5, 5.41) is 1.08. The number of hydrazine groups is 1. The zero-order valence-corrected chi connectivity index (χ0v) is 11.4. The first-order valence-corrected chi connectivity index (χ1v) is 6.25. The number of nitrogens with zero attached hydrogens (tertiary/aromatic N) is 1. The molecule has 4 N–H and O–H groups in total. The molecular formula is C14H23N3O. The van der Waals surface area contributed by atoms with Crippen molar-refractivity contribution in [3.05, 3.63) is 35.4 Å². The average Bonchev–Trinajstić information content (AvgIpc) is 2.28. The van der Waals surface area contributed by atoms with Crippen LogP contribution in [0, 0.1) is 5.92 Å². The summed E-state index contributed by atoms with van der Waals surface area (Å²) in [4.78, 5) is 11.5. The highest BCUT2D eigenvalue weighted by atomic mass is 16.2. The molecule has 1 atom stereocenters. The lowest BCUT2D eigenvalue weighted by Crippen LogP contribution is -2.35. The quantitative estimate of drug-likeness (QED) is 0.473. The van der Waals surface area contributed by atoms with E-state index in [0.29, 0.717) is 5.92 Å². The van der Waals surface area contributed by atoms with Crippen LogP contribution in [0.3, 0.4) is 0 Å². The third kappa shape index (κ3) is 4.47. The monoisotopic (exact) mass is 249 g/mol. The summed E-state index contributed by atoms with van der Waals surface area (Å²) in [6.07, 6.45) is 1.29. The normalized spacial score (nSPS) is 12.6. The van der Waals surface area contributed by atoms with Gasteiger partial charge in [-0.15, -0.1) is 0 Å². The average molecular weight is 249 g/mol. The van der Waals surface area contributed by atoms with E-state index in [2.05, 4.69) is 26.0 Å². The van der Waals surface area contributed by atoms with Crippen LogP contribution in [0.5, 0.6) is 0 Å². The van der Waals surface area contributed by atoms with Gasteiger partial charge in [-0.25, -0.2) is 5.84 Å². The molecule has 0 aliphatic carbocycles. The van der Waals surface area contributed by atoms with Crippen LogP contribution in [-0.2, 0) is 11.2 Å². The molecule has 100 valence electrons. The van der Waals surface area contributed by atoms with E-state index in [9.17, 15) is 4.79 Å². The molecule has 0 heterocycles. The maximum absolute atomic E-state index is 11.5. The number of benzene rings is 1. The second kappa shape index (κ2) is 6.52. The van der Waals surface area contributed by atoms with Crippen LogP contribution in [0.2, 0.25) is 0 Å². The Balaban J connectivity index is 2.64. The lowest BCUT2D eigenvalue weighted by molar-refractivity contribution is -0.130. The number of hydrogen-bond donors (Lipinski definition) is 2. The Labute approximate surface area is 109 Å². The fraction of sp³-hybridized carbons (Fsp3) is 0.500. The van der Waals surface area contributed by atoms with Crippen molar-refractivity contribution in [2.75, 3.05) is 7.05 Å². The highest BCUT2D eigenvalue weighted by molar-refractivity contribution is 5.76. The van der Waals surface area contributed by atoms with Gasteiger partial charge in [-0.3, -0.25) is 9.80 Å². The number of nitrogens with two attached hydrogens (primary N) is 2. The van der Waals surface area contributed by atoms with E-state index in [0.717, 1.165) is 17.0 Å². The molecule has 0 saturated carbocycles. The van der Waals surface area contributed by atoms with Gasteiger partial charge >= 0.3 is 0 Å². The maximum atomic E-state index is 11.5. The van der Waals surface area contributed by atoms with Crippen LogP contribution < -0.4 is 11.6 Å². The Bertz CT molecular complexity index is 385. The summed E-state index contributed by atoms with van der Waals surface area (Å²) in [5.74, 6) is 5.85. The van der Waals surface area contributed by atoms with Gasteiger partial charge in [0.05, 0.1) is 0 Å². The van der Waals surface area contributed by atoms with Crippen LogP contribution >= 0.6 is 0 Å². The lowest BCUT2D eigenvalue weighted by atomic mass is 9.98. The van der Waals surface area contributed by atoms with E-state index >= 15 is 0 Å². The molecule has 0 aromatic heterocycles. The van der Waals surface area contributed by atoms with Crippen molar-refractivity contribution in [3.8, 4) is 0 Å². The van der Waals surface area contributed by atoms with Crippen LogP contribution in [0.25, 0.3) is 0 Å². The summed E-state index contributed by atoms with van der Waals surface area (Å²) >= 11 is 0. The molecule has 0 saturated heterocycles. The van der Waals surface area contributed by atoms with E-state index in [1.54, 1.807) is 0 Å². The number of rotatable bonds is 5. The number of carbonyl (C=O) groups excluding carboxylic acids is 1. The van der Waals surface area contributed by atoms with Crippen molar-refractivity contribution in [2.45, 2.75) is 32.7 Å². The Kier molecular flexibility index (Phi) is 5.31. The van der Waals surface area contributed by atoms with E-state index in [1.807, 2.05) is 12.1 Å². The molecule has 1 amide bonds. The second-order valence-corrected chi connectivity index (χ2v) is 5.15. The van der Waals surface area contributed by atoms with Gasteiger partial charge in [0, 0.05) is 19.5 Å². The molecule has 1 aromatic carbocycles. The second-order valence-electron chi connectivity index (χ2n) is 5.15. The molecule has 4 nitrogen and oxygen atoms in total. The molecule has 0 radical (unpaired) electrons. The van der Waals surface area contributed by atoms with Crippen LogP contribution in [0.15, 0.2) is 24.3 Å². The van der Waals surface area contributed by atoms with Gasteiger partial charge in [-0.2, -0.15) is 0 Å². The minimum absolute atomic E-state index is 0.159. The molecule has 18 heavy (non-hydrogen) atoms. The minimum atomic E-state index is -0.295. The summed E-state index contributed by atoms with van der Waals surface area (Å²) in [6.45, 7) is 4.38. The van der Waals surface area contributed by atoms with Gasteiger partial charge in [0.25, 0.3) is 0 Å². The Morgan fingerprint density at radius 3 is 2.28 bits per heavy atom. The number of carbonyl (C=O) groups is 1. The fourth-order valence-electron chi connectivity index (χ4n) is 1.82. The zero-order valence-electron chi connectivity index (χ0n) is 11.4. The van der Waals surface area contributed by atoms with Crippen molar-refractivity contribution in [1.29, 1.82) is 0 Å². The SMILES string of the molecule is CC(C)Cc1ccc(C(N)CC(=O)N(C)N)cc1. The maximum Gasteiger partial charge on any atom is 0.238 e. The van der Waals surface area contributed by atoms with Crippen molar-refractivity contribution in [1.82, 2.24) is 5.01 Å². The molecule has 0 aliphatic rings. The number of hydrogen-bond acceptors (Lipinski definition) is 3. The first-order chi connectivity index (χ1) is 8.40. The zero-order chi connectivity index (χ0) is 13.7. The third-order valence-electron chi connectivity index (χ3n) is 2.84. The molecule has 0 bridgehead atoms. The number of amides is 1. The molecule has 1 unspecified atom stereocenters. The topological polar surface area (TPSA) is 72.4 Å². The van der Waals surface area contributed by atoms with E-state index in [4.69, 9.17) is 11.6 Å². The van der Waals surface area contributed by atoms with E-state index < -0.39 is 0 Å². The molecule has 0 spiro atoms. The van der Waals surface area contributed by atoms with Crippen molar-refractivity contribution in [2.24, 2.45) is 17.5 Å². The molecule has 0 fully saturated rings. The largest absolute Gasteiger partial charge is 0.324 e. The first kappa shape index (κ1) is 14.7. The van der Waals surface area contributed by atoms with Gasteiger partial charge in [0.1, 0.15) is 0 Å². The Morgan fingerprint density at radius 2 is 1.83 bits per heavy atom. The molecule has 1 rings (SSSR count). The predicted molar refractivity (Wildman–Crippen MR) is 73.5 cm³/mol. The molecule has 0 aliphatic heterocycles. The van der Waals surface area contributed by atoms with Crippen LogP contribution in [-0.4, -0.2) is 18.0 Å². The standard InChI is InChI=1S/C14H23N3O/c1-10(2)8-11-4-6-12(7-5-11)13(15)9-14(18)17(3)16/h4-7,10,13H,8-9,15-16H2,1-3H3.